The number of ether oxygens (including phenoxy) is 2. The van der Waals surface area contributed by atoms with Crippen LogP contribution in [0.1, 0.15) is 19.4 Å². The molecule has 162 valence electrons. The van der Waals surface area contributed by atoms with E-state index in [1.54, 1.807) is 0 Å². The topological polar surface area (TPSA) is 61.4 Å². The summed E-state index contributed by atoms with van der Waals surface area (Å²) in [4.78, 5) is 9.30. The van der Waals surface area contributed by atoms with E-state index in [2.05, 4.69) is 63.5 Å². The summed E-state index contributed by atoms with van der Waals surface area (Å²) in [5.74, 6) is 1.42. The van der Waals surface area contributed by atoms with E-state index in [1.165, 1.54) is 11.3 Å². The van der Waals surface area contributed by atoms with Crippen LogP contribution in [0.2, 0.25) is 0 Å². The monoisotopic (exact) mass is 403 g/mol. The number of aliphatic imine (C=N–C) groups is 1. The molecule has 2 saturated heterocycles. The fourth-order valence-electron chi connectivity index (χ4n) is 3.95. The molecule has 29 heavy (non-hydrogen) atoms. The first-order valence-corrected chi connectivity index (χ1v) is 10.9. The predicted octanol–water partition coefficient (Wildman–Crippen LogP) is 1.55. The van der Waals surface area contributed by atoms with E-state index < -0.39 is 0 Å². The van der Waals surface area contributed by atoms with Gasteiger partial charge in [0.25, 0.3) is 0 Å². The number of hydrogen-bond donors (Lipinski definition) is 2. The first-order valence-electron chi connectivity index (χ1n) is 10.9. The van der Waals surface area contributed by atoms with Crippen molar-refractivity contribution in [2.75, 3.05) is 71.1 Å². The second kappa shape index (κ2) is 11.4. The number of anilines is 1. The molecule has 2 aliphatic heterocycles. The van der Waals surface area contributed by atoms with Crippen LogP contribution in [-0.2, 0) is 16.0 Å². The van der Waals surface area contributed by atoms with Crippen molar-refractivity contribution in [1.29, 1.82) is 0 Å². The van der Waals surface area contributed by atoms with Gasteiger partial charge in [-0.05, 0) is 23.6 Å². The molecule has 2 aliphatic rings. The summed E-state index contributed by atoms with van der Waals surface area (Å²) in [5.41, 5.74) is 2.52. The molecule has 7 heteroatoms. The smallest absolute Gasteiger partial charge is 0.191 e. The van der Waals surface area contributed by atoms with Crippen molar-refractivity contribution in [1.82, 2.24) is 15.5 Å². The van der Waals surface area contributed by atoms with Crippen molar-refractivity contribution in [2.24, 2.45) is 10.9 Å². The SMILES string of the molecule is CN=C(NCc1ccc(N2CCOCC2)cc1)NCC(C(C)C)N1CCOCC1. The quantitative estimate of drug-likeness (QED) is 0.532. The van der Waals surface area contributed by atoms with Crippen LogP contribution in [-0.4, -0.2) is 83.1 Å². The molecule has 2 fully saturated rings. The van der Waals surface area contributed by atoms with Crippen LogP contribution >= 0.6 is 0 Å². The first kappa shape index (κ1) is 21.9. The lowest BCUT2D eigenvalue weighted by Crippen LogP contribution is -2.52. The number of hydrogen-bond acceptors (Lipinski definition) is 5. The minimum absolute atomic E-state index is 0.477. The summed E-state index contributed by atoms with van der Waals surface area (Å²) in [6, 6.07) is 9.26. The van der Waals surface area contributed by atoms with Crippen molar-refractivity contribution in [3.63, 3.8) is 0 Å². The van der Waals surface area contributed by atoms with Crippen LogP contribution in [0.25, 0.3) is 0 Å². The Morgan fingerprint density at radius 2 is 1.59 bits per heavy atom. The molecule has 3 rings (SSSR count). The zero-order valence-electron chi connectivity index (χ0n) is 18.2. The van der Waals surface area contributed by atoms with Crippen molar-refractivity contribution in [2.45, 2.75) is 26.4 Å². The summed E-state index contributed by atoms with van der Waals surface area (Å²) in [7, 11) is 1.83. The average molecular weight is 404 g/mol. The molecule has 0 aromatic heterocycles. The van der Waals surface area contributed by atoms with Gasteiger partial charge in [-0.2, -0.15) is 0 Å². The molecule has 2 N–H and O–H groups in total. The molecule has 0 spiro atoms. The second-order valence-electron chi connectivity index (χ2n) is 8.03. The summed E-state index contributed by atoms with van der Waals surface area (Å²) in [6.07, 6.45) is 0. The van der Waals surface area contributed by atoms with Gasteiger partial charge in [0, 0.05) is 58.0 Å². The molecule has 0 saturated carbocycles. The van der Waals surface area contributed by atoms with Gasteiger partial charge in [0.1, 0.15) is 0 Å². The first-order chi connectivity index (χ1) is 14.2. The zero-order chi connectivity index (χ0) is 20.5. The molecule has 1 aromatic carbocycles. The molecular formula is C22H37N5O2. The van der Waals surface area contributed by atoms with Crippen LogP contribution in [0.3, 0.4) is 0 Å². The summed E-state index contributed by atoms with van der Waals surface area (Å²) in [5, 5.41) is 6.96. The lowest BCUT2D eigenvalue weighted by molar-refractivity contribution is 0.00752. The Bertz CT molecular complexity index is 623. The third-order valence-corrected chi connectivity index (χ3v) is 5.76. The van der Waals surface area contributed by atoms with Gasteiger partial charge in [0.15, 0.2) is 5.96 Å². The maximum Gasteiger partial charge on any atom is 0.191 e. The lowest BCUT2D eigenvalue weighted by atomic mass is 10.0. The highest BCUT2D eigenvalue weighted by atomic mass is 16.5. The van der Waals surface area contributed by atoms with Crippen LogP contribution in [0, 0.1) is 5.92 Å². The number of guanidine groups is 1. The van der Waals surface area contributed by atoms with Gasteiger partial charge >= 0.3 is 0 Å². The normalized spacial score (nSPS) is 20.0. The Kier molecular flexibility index (Phi) is 8.58. The molecule has 1 aromatic rings. The van der Waals surface area contributed by atoms with Crippen LogP contribution < -0.4 is 15.5 Å². The van der Waals surface area contributed by atoms with Crippen molar-refractivity contribution >= 4 is 11.6 Å². The van der Waals surface area contributed by atoms with Crippen LogP contribution in [0.4, 0.5) is 5.69 Å². The standard InChI is InChI=1S/C22H37N5O2/c1-18(2)21(27-10-14-29-15-11-27)17-25-22(23-3)24-16-19-4-6-20(7-5-19)26-8-12-28-13-9-26/h4-7,18,21H,8-17H2,1-3H3,(H2,23,24,25). The number of morpholine rings is 2. The molecule has 0 amide bonds. The Balaban J connectivity index is 1.46. The maximum absolute atomic E-state index is 5.50. The van der Waals surface area contributed by atoms with Gasteiger partial charge in [0.2, 0.25) is 0 Å². The molecule has 0 aliphatic carbocycles. The molecule has 0 bridgehead atoms. The molecule has 0 radical (unpaired) electrons. The molecule has 1 unspecified atom stereocenters. The number of benzene rings is 1. The number of nitrogens with zero attached hydrogens (tertiary/aromatic N) is 3. The molecular weight excluding hydrogens is 366 g/mol. The van der Waals surface area contributed by atoms with Gasteiger partial charge < -0.3 is 25.0 Å². The fraction of sp³-hybridized carbons (Fsp3) is 0.682. The third-order valence-electron chi connectivity index (χ3n) is 5.76. The summed E-state index contributed by atoms with van der Waals surface area (Å²) >= 11 is 0. The Morgan fingerprint density at radius 3 is 2.17 bits per heavy atom. The summed E-state index contributed by atoms with van der Waals surface area (Å²) < 4.78 is 10.9. The van der Waals surface area contributed by atoms with Crippen molar-refractivity contribution < 1.29 is 9.47 Å². The molecule has 7 nitrogen and oxygen atoms in total. The molecule has 1 atom stereocenters. The average Bonchev–Trinajstić information content (AvgIpc) is 2.77. The highest BCUT2D eigenvalue weighted by molar-refractivity contribution is 5.79. The van der Waals surface area contributed by atoms with E-state index in [9.17, 15) is 0 Å². The van der Waals surface area contributed by atoms with Crippen molar-refractivity contribution in [3.05, 3.63) is 29.8 Å². The van der Waals surface area contributed by atoms with E-state index in [1.807, 2.05) is 7.05 Å². The predicted molar refractivity (Wildman–Crippen MR) is 119 cm³/mol. The fourth-order valence-corrected chi connectivity index (χ4v) is 3.95. The van der Waals surface area contributed by atoms with Gasteiger partial charge in [-0.25, -0.2) is 0 Å². The minimum atomic E-state index is 0.477. The van der Waals surface area contributed by atoms with Gasteiger partial charge in [-0.3, -0.25) is 9.89 Å². The second-order valence-corrected chi connectivity index (χ2v) is 8.03. The van der Waals surface area contributed by atoms with Gasteiger partial charge in [-0.1, -0.05) is 26.0 Å². The Labute approximate surface area is 175 Å². The van der Waals surface area contributed by atoms with E-state index in [0.29, 0.717) is 12.0 Å². The minimum Gasteiger partial charge on any atom is -0.379 e. The van der Waals surface area contributed by atoms with Gasteiger partial charge in [0.05, 0.1) is 26.4 Å². The van der Waals surface area contributed by atoms with E-state index in [4.69, 9.17) is 9.47 Å². The highest BCUT2D eigenvalue weighted by Gasteiger charge is 2.23. The van der Waals surface area contributed by atoms with Gasteiger partial charge in [-0.15, -0.1) is 0 Å². The van der Waals surface area contributed by atoms with E-state index in [-0.39, 0.29) is 0 Å². The molecule has 2 heterocycles. The largest absolute Gasteiger partial charge is 0.379 e. The maximum atomic E-state index is 5.50. The van der Waals surface area contributed by atoms with Crippen LogP contribution in [0.5, 0.6) is 0 Å². The number of nitrogens with one attached hydrogen (secondary N) is 2. The Hall–Kier alpha value is -1.83. The zero-order valence-corrected chi connectivity index (χ0v) is 18.2. The highest BCUT2D eigenvalue weighted by Crippen LogP contribution is 2.16. The van der Waals surface area contributed by atoms with E-state index >= 15 is 0 Å². The summed E-state index contributed by atoms with van der Waals surface area (Å²) in [6.45, 7) is 13.4. The number of rotatable bonds is 7. The van der Waals surface area contributed by atoms with E-state index in [0.717, 1.165) is 71.7 Å². The Morgan fingerprint density at radius 1 is 0.966 bits per heavy atom. The van der Waals surface area contributed by atoms with Crippen LogP contribution in [0.15, 0.2) is 29.3 Å². The lowest BCUT2D eigenvalue weighted by Gasteiger charge is -2.37. The third kappa shape index (κ3) is 6.59. The van der Waals surface area contributed by atoms with Crippen molar-refractivity contribution in [3.8, 4) is 0 Å².